The largest absolute Gasteiger partial charge is 0.476 e. The number of ether oxygens (including phenoxy) is 3. The van der Waals surface area contributed by atoms with Crippen LogP contribution in [-0.4, -0.2) is 82.2 Å². The van der Waals surface area contributed by atoms with Crippen LogP contribution in [-0.2, 0) is 9.47 Å². The molecule has 0 saturated carbocycles. The van der Waals surface area contributed by atoms with Gasteiger partial charge in [-0.3, -0.25) is 4.90 Å². The third-order valence-corrected chi connectivity index (χ3v) is 4.28. The van der Waals surface area contributed by atoms with E-state index in [1.54, 1.807) is 0 Å². The minimum Gasteiger partial charge on any atom is -0.476 e. The van der Waals surface area contributed by atoms with Gasteiger partial charge in [0.05, 0.1) is 26.4 Å². The molecule has 0 aliphatic carbocycles. The van der Waals surface area contributed by atoms with Crippen molar-refractivity contribution in [2.75, 3.05) is 82.5 Å². The van der Waals surface area contributed by atoms with Gasteiger partial charge in [-0.05, 0) is 6.92 Å². The summed E-state index contributed by atoms with van der Waals surface area (Å²) in [4.78, 5) is 9.25. The number of anilines is 2. The number of morpholine rings is 2. The van der Waals surface area contributed by atoms with E-state index >= 15 is 0 Å². The van der Waals surface area contributed by atoms with E-state index in [1.165, 1.54) is 0 Å². The monoisotopic (exact) mass is 336 g/mol. The second-order valence-electron chi connectivity index (χ2n) is 5.98. The highest BCUT2D eigenvalue weighted by atomic mass is 16.5. The van der Waals surface area contributed by atoms with Crippen molar-refractivity contribution in [2.24, 2.45) is 0 Å². The minimum atomic E-state index is 0.644. The van der Waals surface area contributed by atoms with Gasteiger partial charge in [-0.2, -0.15) is 4.98 Å². The highest BCUT2D eigenvalue weighted by Gasteiger charge is 2.15. The number of rotatable bonds is 7. The summed E-state index contributed by atoms with van der Waals surface area (Å²) in [5.74, 6) is 1.55. The molecule has 0 atom stereocenters. The molecule has 0 unspecified atom stereocenters. The highest BCUT2D eigenvalue weighted by Crippen LogP contribution is 2.24. The van der Waals surface area contributed by atoms with Crippen molar-refractivity contribution in [2.45, 2.75) is 6.92 Å². The van der Waals surface area contributed by atoms with E-state index in [1.807, 2.05) is 6.07 Å². The van der Waals surface area contributed by atoms with Gasteiger partial charge in [-0.1, -0.05) is 0 Å². The number of nitrogens with one attached hydrogen (secondary N) is 1. The maximum atomic E-state index is 5.94. The molecular weight excluding hydrogens is 308 g/mol. The van der Waals surface area contributed by atoms with Gasteiger partial charge >= 0.3 is 0 Å². The Morgan fingerprint density at radius 2 is 1.79 bits per heavy atom. The summed E-state index contributed by atoms with van der Waals surface area (Å²) < 4.78 is 16.7. The standard InChI is InChI=1S/C17H28N4O3/c1-2-18-16-13-15(21-6-10-23-11-7-21)14-17(19-16)24-12-5-20-3-8-22-9-4-20/h13-14H,2-12H2,1H3,(H,18,19). The van der Waals surface area contributed by atoms with E-state index in [-0.39, 0.29) is 0 Å². The zero-order chi connectivity index (χ0) is 16.6. The van der Waals surface area contributed by atoms with E-state index in [2.05, 4.69) is 33.1 Å². The molecule has 0 spiro atoms. The third kappa shape index (κ3) is 4.96. The first-order valence-corrected chi connectivity index (χ1v) is 8.86. The molecule has 2 aliphatic heterocycles. The second-order valence-corrected chi connectivity index (χ2v) is 5.98. The van der Waals surface area contributed by atoms with Crippen LogP contribution in [0, 0.1) is 0 Å². The average Bonchev–Trinajstić information content (AvgIpc) is 2.63. The summed E-state index contributed by atoms with van der Waals surface area (Å²) in [6.45, 7) is 11.4. The summed E-state index contributed by atoms with van der Waals surface area (Å²) in [6.07, 6.45) is 0. The van der Waals surface area contributed by atoms with Crippen molar-refractivity contribution in [3.05, 3.63) is 12.1 Å². The Morgan fingerprint density at radius 3 is 2.50 bits per heavy atom. The zero-order valence-electron chi connectivity index (χ0n) is 14.5. The highest BCUT2D eigenvalue weighted by molar-refractivity contribution is 5.57. The van der Waals surface area contributed by atoms with Crippen molar-refractivity contribution in [3.8, 4) is 5.88 Å². The molecule has 2 aliphatic rings. The van der Waals surface area contributed by atoms with Crippen molar-refractivity contribution in [1.29, 1.82) is 0 Å². The van der Waals surface area contributed by atoms with Crippen LogP contribution >= 0.6 is 0 Å². The summed E-state index contributed by atoms with van der Waals surface area (Å²) in [7, 11) is 0. The van der Waals surface area contributed by atoms with Crippen molar-refractivity contribution in [3.63, 3.8) is 0 Å². The lowest BCUT2D eigenvalue weighted by Gasteiger charge is -2.29. The van der Waals surface area contributed by atoms with E-state index in [0.717, 1.165) is 77.2 Å². The molecule has 2 saturated heterocycles. The van der Waals surface area contributed by atoms with E-state index in [4.69, 9.17) is 14.2 Å². The van der Waals surface area contributed by atoms with Crippen LogP contribution in [0.25, 0.3) is 0 Å². The van der Waals surface area contributed by atoms with Gasteiger partial charge in [0, 0.05) is 57.1 Å². The Balaban J connectivity index is 1.60. The third-order valence-electron chi connectivity index (χ3n) is 4.28. The predicted octanol–water partition coefficient (Wildman–Crippen LogP) is 1.06. The molecule has 0 bridgehead atoms. The van der Waals surface area contributed by atoms with Crippen molar-refractivity contribution >= 4 is 11.5 Å². The number of hydrogen-bond acceptors (Lipinski definition) is 7. The molecule has 1 aromatic rings. The smallest absolute Gasteiger partial charge is 0.217 e. The molecule has 2 fully saturated rings. The fourth-order valence-electron chi connectivity index (χ4n) is 2.95. The molecule has 7 nitrogen and oxygen atoms in total. The average molecular weight is 336 g/mol. The molecule has 3 rings (SSSR count). The predicted molar refractivity (Wildman–Crippen MR) is 94.2 cm³/mol. The first-order chi connectivity index (χ1) is 11.8. The summed E-state index contributed by atoms with van der Waals surface area (Å²) in [6, 6.07) is 4.12. The lowest BCUT2D eigenvalue weighted by Crippen LogP contribution is -2.38. The van der Waals surface area contributed by atoms with Gasteiger partial charge < -0.3 is 24.4 Å². The molecule has 0 radical (unpaired) electrons. The Morgan fingerprint density at radius 1 is 1.08 bits per heavy atom. The van der Waals surface area contributed by atoms with Crippen LogP contribution in [0.1, 0.15) is 6.92 Å². The summed E-state index contributed by atoms with van der Waals surface area (Å²) in [5, 5.41) is 3.29. The van der Waals surface area contributed by atoms with E-state index < -0.39 is 0 Å². The maximum Gasteiger partial charge on any atom is 0.217 e. The SMILES string of the molecule is CCNc1cc(N2CCOCC2)cc(OCCN2CCOCC2)n1. The topological polar surface area (TPSA) is 59.1 Å². The normalized spacial score (nSPS) is 19.3. The van der Waals surface area contributed by atoms with Gasteiger partial charge in [0.25, 0.3) is 0 Å². The lowest BCUT2D eigenvalue weighted by atomic mass is 10.3. The molecule has 3 heterocycles. The minimum absolute atomic E-state index is 0.644. The number of aromatic nitrogens is 1. The quantitative estimate of drug-likeness (QED) is 0.799. The van der Waals surface area contributed by atoms with Crippen molar-refractivity contribution in [1.82, 2.24) is 9.88 Å². The molecular formula is C17H28N4O3. The molecule has 0 amide bonds. The molecule has 0 aromatic carbocycles. The number of pyridine rings is 1. The van der Waals surface area contributed by atoms with Gasteiger partial charge in [0.15, 0.2) is 0 Å². The van der Waals surface area contributed by atoms with Gasteiger partial charge in [-0.15, -0.1) is 0 Å². The lowest BCUT2D eigenvalue weighted by molar-refractivity contribution is 0.0320. The van der Waals surface area contributed by atoms with Gasteiger partial charge in [0.2, 0.25) is 5.88 Å². The number of hydrogen-bond donors (Lipinski definition) is 1. The maximum absolute atomic E-state index is 5.94. The molecule has 24 heavy (non-hydrogen) atoms. The van der Waals surface area contributed by atoms with Gasteiger partial charge in [-0.25, -0.2) is 0 Å². The Kier molecular flexibility index (Phi) is 6.51. The fraction of sp³-hybridized carbons (Fsp3) is 0.706. The van der Waals surface area contributed by atoms with Gasteiger partial charge in [0.1, 0.15) is 12.4 Å². The summed E-state index contributed by atoms with van der Waals surface area (Å²) in [5.41, 5.74) is 1.14. The molecule has 1 N–H and O–H groups in total. The number of nitrogens with zero attached hydrogens (tertiary/aromatic N) is 3. The second kappa shape index (κ2) is 9.05. The Labute approximate surface area is 143 Å². The van der Waals surface area contributed by atoms with E-state index in [9.17, 15) is 0 Å². The van der Waals surface area contributed by atoms with Crippen LogP contribution in [0.3, 0.4) is 0 Å². The fourth-order valence-corrected chi connectivity index (χ4v) is 2.95. The summed E-state index contributed by atoms with van der Waals surface area (Å²) >= 11 is 0. The first kappa shape index (κ1) is 17.3. The van der Waals surface area contributed by atoms with Crippen molar-refractivity contribution < 1.29 is 14.2 Å². The van der Waals surface area contributed by atoms with Crippen LogP contribution in [0.15, 0.2) is 12.1 Å². The van der Waals surface area contributed by atoms with Crippen LogP contribution in [0.5, 0.6) is 5.88 Å². The van der Waals surface area contributed by atoms with Crippen LogP contribution in [0.4, 0.5) is 11.5 Å². The Hall–Kier alpha value is -1.57. The molecule has 7 heteroatoms. The first-order valence-electron chi connectivity index (χ1n) is 8.86. The molecule has 1 aromatic heterocycles. The zero-order valence-corrected chi connectivity index (χ0v) is 14.5. The van der Waals surface area contributed by atoms with Crippen LogP contribution in [0.2, 0.25) is 0 Å². The van der Waals surface area contributed by atoms with Crippen LogP contribution < -0.4 is 15.0 Å². The molecule has 134 valence electrons. The Bertz CT molecular complexity index is 503. The van der Waals surface area contributed by atoms with E-state index in [0.29, 0.717) is 12.5 Å².